The summed E-state index contributed by atoms with van der Waals surface area (Å²) in [5.74, 6) is -0.120. The minimum absolute atomic E-state index is 0.0884. The summed E-state index contributed by atoms with van der Waals surface area (Å²) in [7, 11) is 0. The molecule has 0 bridgehead atoms. The molecule has 4 rings (SSSR count). The number of benzene rings is 2. The average molecular weight is 476 g/mol. The molecule has 0 unspecified atom stereocenters. The second-order valence-electron chi connectivity index (χ2n) is 7.45. The maximum atomic E-state index is 12.8. The predicted octanol–water partition coefficient (Wildman–Crippen LogP) is 6.18. The lowest BCUT2D eigenvalue weighted by molar-refractivity contribution is -0.138. The minimum Gasteiger partial charge on any atom is -0.486 e. The quantitative estimate of drug-likeness (QED) is 0.343. The van der Waals surface area contributed by atoms with Crippen molar-refractivity contribution in [3.63, 3.8) is 0 Å². The van der Waals surface area contributed by atoms with Crippen LogP contribution in [0.4, 0.5) is 13.2 Å². The number of ether oxygens (including phenoxy) is 1. The third-order valence-electron chi connectivity index (χ3n) is 5.01. The van der Waals surface area contributed by atoms with Gasteiger partial charge in [-0.1, -0.05) is 18.2 Å². The van der Waals surface area contributed by atoms with E-state index in [0.29, 0.717) is 33.3 Å². The number of fused-ring (bicyclic) bond motifs is 1. The molecule has 0 saturated heterocycles. The topological polar surface area (TPSA) is 85.5 Å². The fraction of sp³-hybridized carbons (Fsp3) is 0.261. The Morgan fingerprint density at radius 1 is 1.12 bits per heavy atom. The Balaban J connectivity index is 1.53. The van der Waals surface area contributed by atoms with E-state index in [0.717, 1.165) is 28.3 Å². The van der Waals surface area contributed by atoms with Gasteiger partial charge in [0.25, 0.3) is 0 Å². The fourth-order valence-electron chi connectivity index (χ4n) is 3.22. The summed E-state index contributed by atoms with van der Waals surface area (Å²) in [6, 6.07) is 8.49. The van der Waals surface area contributed by atoms with E-state index in [9.17, 15) is 18.0 Å². The summed E-state index contributed by atoms with van der Waals surface area (Å²) < 4.78 is 50.1. The molecule has 0 saturated carbocycles. The molecule has 2 aromatic carbocycles. The summed E-state index contributed by atoms with van der Waals surface area (Å²) in [6.45, 7) is 3.87. The van der Waals surface area contributed by atoms with Gasteiger partial charge < -0.3 is 14.3 Å². The molecule has 0 atom stereocenters. The number of aryl methyl sites for hydroxylation is 3. The zero-order valence-corrected chi connectivity index (χ0v) is 18.5. The number of carboxylic acids is 1. The van der Waals surface area contributed by atoms with Crippen molar-refractivity contribution in [3.8, 4) is 16.3 Å². The molecule has 33 heavy (non-hydrogen) atoms. The number of halogens is 3. The van der Waals surface area contributed by atoms with E-state index < -0.39 is 17.7 Å². The molecule has 0 radical (unpaired) electrons. The van der Waals surface area contributed by atoms with Gasteiger partial charge in [0, 0.05) is 12.0 Å². The van der Waals surface area contributed by atoms with E-state index in [2.05, 4.69) is 9.97 Å². The Labute approximate surface area is 190 Å². The van der Waals surface area contributed by atoms with Gasteiger partial charge in [-0.05, 0) is 37.6 Å². The standard InChI is InChI=1S/C23H19F3N2O4S/c1-12-3-8-16(20-21(12)32-18(28-20)9-10-19(29)30)31-11-17-13(2)27-22(33-17)14-4-6-15(7-5-14)23(24,25)26/h3-8H,9-11H2,1-2H3,(H,29,30). The molecule has 0 aliphatic carbocycles. The molecule has 2 heterocycles. The Morgan fingerprint density at radius 3 is 2.52 bits per heavy atom. The van der Waals surface area contributed by atoms with Gasteiger partial charge >= 0.3 is 12.1 Å². The zero-order chi connectivity index (χ0) is 23.8. The van der Waals surface area contributed by atoms with Gasteiger partial charge in [-0.25, -0.2) is 9.97 Å². The number of nitrogens with zero attached hydrogens (tertiary/aromatic N) is 2. The summed E-state index contributed by atoms with van der Waals surface area (Å²) in [5, 5.41) is 9.48. The minimum atomic E-state index is -4.38. The second kappa shape index (κ2) is 8.86. The third kappa shape index (κ3) is 5.00. The van der Waals surface area contributed by atoms with Crippen LogP contribution in [0.25, 0.3) is 21.7 Å². The SMILES string of the molecule is Cc1nc(-c2ccc(C(F)(F)F)cc2)sc1COc1ccc(C)c2oc(CCC(=O)O)nc12. The van der Waals surface area contributed by atoms with E-state index in [1.807, 2.05) is 19.9 Å². The van der Waals surface area contributed by atoms with E-state index in [-0.39, 0.29) is 19.4 Å². The zero-order valence-electron chi connectivity index (χ0n) is 17.7. The van der Waals surface area contributed by atoms with Crippen molar-refractivity contribution in [2.24, 2.45) is 0 Å². The van der Waals surface area contributed by atoms with E-state index in [1.54, 1.807) is 6.07 Å². The maximum Gasteiger partial charge on any atom is 0.416 e. The van der Waals surface area contributed by atoms with Crippen LogP contribution in [-0.4, -0.2) is 21.0 Å². The Kier molecular flexibility index (Phi) is 6.11. The highest BCUT2D eigenvalue weighted by molar-refractivity contribution is 7.15. The fourth-order valence-corrected chi connectivity index (χ4v) is 4.20. The number of thiazole rings is 1. The Hall–Kier alpha value is -3.40. The highest BCUT2D eigenvalue weighted by Gasteiger charge is 2.30. The van der Waals surface area contributed by atoms with Crippen LogP contribution in [0.3, 0.4) is 0 Å². The number of rotatable bonds is 7. The molecule has 10 heteroatoms. The first-order valence-corrected chi connectivity index (χ1v) is 10.8. The number of aromatic nitrogens is 2. The molecule has 0 fully saturated rings. The number of oxazole rings is 1. The number of hydrogen-bond donors (Lipinski definition) is 1. The molecule has 0 aliphatic heterocycles. The Morgan fingerprint density at radius 2 is 1.85 bits per heavy atom. The number of aliphatic carboxylic acids is 1. The molecule has 0 amide bonds. The van der Waals surface area contributed by atoms with Gasteiger partial charge in [-0.15, -0.1) is 11.3 Å². The van der Waals surface area contributed by atoms with Gasteiger partial charge in [0.15, 0.2) is 17.0 Å². The first-order chi connectivity index (χ1) is 15.6. The van der Waals surface area contributed by atoms with Crippen LogP contribution in [0.15, 0.2) is 40.8 Å². The van der Waals surface area contributed by atoms with Crippen molar-refractivity contribution >= 4 is 28.4 Å². The summed E-state index contributed by atoms with van der Waals surface area (Å²) in [4.78, 5) is 20.5. The van der Waals surface area contributed by atoms with Gasteiger partial charge in [-0.2, -0.15) is 13.2 Å². The van der Waals surface area contributed by atoms with Crippen LogP contribution < -0.4 is 4.74 Å². The van der Waals surface area contributed by atoms with Crippen molar-refractivity contribution in [1.29, 1.82) is 0 Å². The summed E-state index contributed by atoms with van der Waals surface area (Å²) >= 11 is 1.34. The maximum absolute atomic E-state index is 12.8. The predicted molar refractivity (Wildman–Crippen MR) is 116 cm³/mol. The Bertz CT molecular complexity index is 1310. The smallest absolute Gasteiger partial charge is 0.416 e. The van der Waals surface area contributed by atoms with Crippen LogP contribution in [0.2, 0.25) is 0 Å². The first-order valence-electron chi connectivity index (χ1n) is 9.99. The van der Waals surface area contributed by atoms with E-state index in [4.69, 9.17) is 14.3 Å². The second-order valence-corrected chi connectivity index (χ2v) is 8.53. The van der Waals surface area contributed by atoms with Crippen LogP contribution in [0, 0.1) is 13.8 Å². The van der Waals surface area contributed by atoms with E-state index in [1.165, 1.54) is 23.5 Å². The van der Waals surface area contributed by atoms with Gasteiger partial charge in [0.2, 0.25) is 0 Å². The number of alkyl halides is 3. The highest BCUT2D eigenvalue weighted by Crippen LogP contribution is 2.34. The average Bonchev–Trinajstić information content (AvgIpc) is 3.36. The van der Waals surface area contributed by atoms with E-state index >= 15 is 0 Å². The largest absolute Gasteiger partial charge is 0.486 e. The number of carboxylic acid groups (broad SMARTS) is 1. The lowest BCUT2D eigenvalue weighted by atomic mass is 10.1. The van der Waals surface area contributed by atoms with Crippen molar-refractivity contribution in [3.05, 3.63) is 64.0 Å². The summed E-state index contributed by atoms with van der Waals surface area (Å²) in [5.41, 5.74) is 2.52. The molecule has 1 N–H and O–H groups in total. The first kappa shape index (κ1) is 22.8. The summed E-state index contributed by atoms with van der Waals surface area (Å²) in [6.07, 6.45) is -4.30. The lowest BCUT2D eigenvalue weighted by Gasteiger charge is -2.06. The van der Waals surface area contributed by atoms with Crippen molar-refractivity contribution < 1.29 is 32.2 Å². The number of hydrogen-bond acceptors (Lipinski definition) is 6. The van der Waals surface area contributed by atoms with Gasteiger partial charge in [0.05, 0.1) is 22.6 Å². The third-order valence-corrected chi connectivity index (χ3v) is 6.19. The van der Waals surface area contributed by atoms with Crippen molar-refractivity contribution in [1.82, 2.24) is 9.97 Å². The molecule has 6 nitrogen and oxygen atoms in total. The van der Waals surface area contributed by atoms with Crippen molar-refractivity contribution in [2.45, 2.75) is 39.5 Å². The number of carbonyl (C=O) groups is 1. The molecular weight excluding hydrogens is 457 g/mol. The van der Waals surface area contributed by atoms with Gasteiger partial charge in [0.1, 0.15) is 17.4 Å². The molecule has 4 aromatic rings. The monoisotopic (exact) mass is 476 g/mol. The van der Waals surface area contributed by atoms with Crippen LogP contribution in [-0.2, 0) is 24.0 Å². The lowest BCUT2D eigenvalue weighted by Crippen LogP contribution is -2.03. The van der Waals surface area contributed by atoms with Crippen molar-refractivity contribution in [2.75, 3.05) is 0 Å². The molecule has 2 aromatic heterocycles. The molecular formula is C23H19F3N2O4S. The van der Waals surface area contributed by atoms with Crippen LogP contribution in [0.1, 0.15) is 34.0 Å². The molecule has 0 spiro atoms. The highest BCUT2D eigenvalue weighted by atomic mass is 32.1. The van der Waals surface area contributed by atoms with Crippen LogP contribution in [0.5, 0.6) is 5.75 Å². The van der Waals surface area contributed by atoms with Gasteiger partial charge in [-0.3, -0.25) is 4.79 Å². The normalized spacial score (nSPS) is 11.8. The van der Waals surface area contributed by atoms with Crippen LogP contribution >= 0.6 is 11.3 Å². The molecule has 0 aliphatic rings. The molecule has 172 valence electrons.